The van der Waals surface area contributed by atoms with Crippen LogP contribution in [-0.4, -0.2) is 6.54 Å². The lowest BCUT2D eigenvalue weighted by atomic mass is 9.96. The van der Waals surface area contributed by atoms with Crippen LogP contribution >= 0.6 is 23.2 Å². The summed E-state index contributed by atoms with van der Waals surface area (Å²) in [6, 6.07) is 12.8. The van der Waals surface area contributed by atoms with Crippen molar-refractivity contribution in [2.75, 3.05) is 6.54 Å². The van der Waals surface area contributed by atoms with E-state index in [0.29, 0.717) is 10.0 Å². The second-order valence-corrected chi connectivity index (χ2v) is 6.30. The Kier molecular flexibility index (Phi) is 5.69. The van der Waals surface area contributed by atoms with Gasteiger partial charge in [-0.15, -0.1) is 0 Å². The first-order valence-corrected chi connectivity index (χ1v) is 8.00. The molecule has 1 N–H and O–H groups in total. The monoisotopic (exact) mass is 321 g/mol. The summed E-state index contributed by atoms with van der Waals surface area (Å²) in [7, 11) is 0. The fourth-order valence-electron chi connectivity index (χ4n) is 2.71. The molecule has 1 nitrogen and oxygen atoms in total. The summed E-state index contributed by atoms with van der Waals surface area (Å²) in [5.41, 5.74) is 5.11. The van der Waals surface area contributed by atoms with Gasteiger partial charge in [-0.2, -0.15) is 0 Å². The van der Waals surface area contributed by atoms with E-state index >= 15 is 0 Å². The highest BCUT2D eigenvalue weighted by Gasteiger charge is 2.13. The predicted octanol–water partition coefficient (Wildman–Crippen LogP) is 5.50. The largest absolute Gasteiger partial charge is 0.310 e. The lowest BCUT2D eigenvalue weighted by Crippen LogP contribution is -2.23. The van der Waals surface area contributed by atoms with Crippen LogP contribution in [0, 0.1) is 13.8 Å². The number of hydrogen-bond donors (Lipinski definition) is 1. The van der Waals surface area contributed by atoms with Crippen molar-refractivity contribution in [3.05, 3.63) is 68.7 Å². The average Bonchev–Trinajstić information content (AvgIpc) is 2.40. The van der Waals surface area contributed by atoms with Crippen LogP contribution in [0.2, 0.25) is 10.0 Å². The maximum absolute atomic E-state index is 6.15. The Balaban J connectivity index is 2.27. The van der Waals surface area contributed by atoms with Crippen molar-refractivity contribution in [2.45, 2.75) is 33.2 Å². The van der Waals surface area contributed by atoms with E-state index in [9.17, 15) is 0 Å². The molecule has 0 aliphatic heterocycles. The third-order valence-corrected chi connectivity index (χ3v) is 4.26. The molecule has 0 amide bonds. The number of likely N-dealkylation sites (N-methyl/N-ethyl adjacent to an activating group) is 1. The van der Waals surface area contributed by atoms with Crippen molar-refractivity contribution < 1.29 is 0 Å². The van der Waals surface area contributed by atoms with E-state index in [2.05, 4.69) is 44.3 Å². The quantitative estimate of drug-likeness (QED) is 0.766. The van der Waals surface area contributed by atoms with Gasteiger partial charge in [0.25, 0.3) is 0 Å². The van der Waals surface area contributed by atoms with Gasteiger partial charge in [-0.3, -0.25) is 0 Å². The SMILES string of the molecule is CCNC(Cc1cc(C)cc(C)c1)c1ccc(Cl)c(Cl)c1. The maximum atomic E-state index is 6.15. The molecule has 2 aromatic carbocycles. The molecule has 1 atom stereocenters. The van der Waals surface area contributed by atoms with Crippen LogP contribution in [0.4, 0.5) is 0 Å². The van der Waals surface area contributed by atoms with Crippen molar-refractivity contribution in [1.29, 1.82) is 0 Å². The fraction of sp³-hybridized carbons (Fsp3) is 0.333. The molecule has 0 saturated carbocycles. The van der Waals surface area contributed by atoms with Crippen molar-refractivity contribution in [2.24, 2.45) is 0 Å². The summed E-state index contributed by atoms with van der Waals surface area (Å²) in [5.74, 6) is 0. The Morgan fingerprint density at radius 1 is 0.952 bits per heavy atom. The van der Waals surface area contributed by atoms with Gasteiger partial charge in [0.15, 0.2) is 0 Å². The van der Waals surface area contributed by atoms with Crippen molar-refractivity contribution in [1.82, 2.24) is 5.32 Å². The van der Waals surface area contributed by atoms with Gasteiger partial charge in [0.05, 0.1) is 10.0 Å². The molecule has 0 aliphatic carbocycles. The van der Waals surface area contributed by atoms with E-state index < -0.39 is 0 Å². The van der Waals surface area contributed by atoms with Gasteiger partial charge in [-0.1, -0.05) is 65.5 Å². The van der Waals surface area contributed by atoms with Gasteiger partial charge < -0.3 is 5.32 Å². The lowest BCUT2D eigenvalue weighted by Gasteiger charge is -2.19. The summed E-state index contributed by atoms with van der Waals surface area (Å²) in [6.45, 7) is 7.30. The first-order valence-electron chi connectivity index (χ1n) is 7.25. The van der Waals surface area contributed by atoms with Gasteiger partial charge in [-0.25, -0.2) is 0 Å². The highest BCUT2D eigenvalue weighted by Crippen LogP contribution is 2.27. The summed E-state index contributed by atoms with van der Waals surface area (Å²) in [5, 5.41) is 4.74. The zero-order valence-electron chi connectivity index (χ0n) is 12.7. The van der Waals surface area contributed by atoms with E-state index in [1.165, 1.54) is 22.3 Å². The zero-order chi connectivity index (χ0) is 15.4. The summed E-state index contributed by atoms with van der Waals surface area (Å²) in [6.07, 6.45) is 0.939. The molecule has 1 unspecified atom stereocenters. The number of benzene rings is 2. The maximum Gasteiger partial charge on any atom is 0.0595 e. The second-order valence-electron chi connectivity index (χ2n) is 5.48. The van der Waals surface area contributed by atoms with Crippen LogP contribution in [0.15, 0.2) is 36.4 Å². The molecule has 0 aromatic heterocycles. The van der Waals surface area contributed by atoms with Crippen molar-refractivity contribution >= 4 is 23.2 Å². The molecule has 0 fully saturated rings. The average molecular weight is 322 g/mol. The van der Waals surface area contributed by atoms with Crippen LogP contribution in [0.25, 0.3) is 0 Å². The Hall–Kier alpha value is -1.02. The van der Waals surface area contributed by atoms with E-state index in [4.69, 9.17) is 23.2 Å². The number of halogens is 2. The molecule has 0 spiro atoms. The molecule has 0 radical (unpaired) electrons. The fourth-order valence-corrected chi connectivity index (χ4v) is 3.01. The number of aryl methyl sites for hydroxylation is 2. The minimum Gasteiger partial charge on any atom is -0.310 e. The molecule has 2 aromatic rings. The number of rotatable bonds is 5. The number of hydrogen-bond acceptors (Lipinski definition) is 1. The Morgan fingerprint density at radius 3 is 2.19 bits per heavy atom. The normalized spacial score (nSPS) is 12.4. The molecular weight excluding hydrogens is 301 g/mol. The van der Waals surface area contributed by atoms with Gasteiger partial charge in [0.1, 0.15) is 0 Å². The Bertz CT molecular complexity index is 602. The molecule has 0 heterocycles. The van der Waals surface area contributed by atoms with E-state index in [1.807, 2.05) is 18.2 Å². The molecule has 0 saturated heterocycles. The predicted molar refractivity (Wildman–Crippen MR) is 92.5 cm³/mol. The van der Waals surface area contributed by atoms with Crippen molar-refractivity contribution in [3.8, 4) is 0 Å². The summed E-state index contributed by atoms with van der Waals surface area (Å²) < 4.78 is 0. The highest BCUT2D eigenvalue weighted by atomic mass is 35.5. The van der Waals surface area contributed by atoms with Crippen LogP contribution in [-0.2, 0) is 6.42 Å². The first kappa shape index (κ1) is 16.4. The van der Waals surface area contributed by atoms with Gasteiger partial charge in [-0.05, 0) is 50.1 Å². The Labute approximate surface area is 137 Å². The minimum atomic E-state index is 0.242. The molecule has 0 aliphatic rings. The second kappa shape index (κ2) is 7.31. The molecule has 21 heavy (non-hydrogen) atoms. The third kappa shape index (κ3) is 4.47. The molecule has 3 heteroatoms. The van der Waals surface area contributed by atoms with Gasteiger partial charge in [0.2, 0.25) is 0 Å². The molecule has 112 valence electrons. The Morgan fingerprint density at radius 2 is 1.62 bits per heavy atom. The molecule has 0 bridgehead atoms. The van der Waals surface area contributed by atoms with E-state index in [0.717, 1.165) is 13.0 Å². The summed E-state index contributed by atoms with van der Waals surface area (Å²) >= 11 is 12.2. The molecule has 2 rings (SSSR count). The third-order valence-electron chi connectivity index (χ3n) is 3.52. The highest BCUT2D eigenvalue weighted by molar-refractivity contribution is 6.42. The van der Waals surface area contributed by atoms with Crippen LogP contribution in [0.3, 0.4) is 0 Å². The van der Waals surface area contributed by atoms with Crippen LogP contribution in [0.1, 0.15) is 35.2 Å². The van der Waals surface area contributed by atoms with E-state index in [1.54, 1.807) is 0 Å². The minimum absolute atomic E-state index is 0.242. The van der Waals surface area contributed by atoms with Crippen molar-refractivity contribution in [3.63, 3.8) is 0 Å². The van der Waals surface area contributed by atoms with E-state index in [-0.39, 0.29) is 6.04 Å². The van der Waals surface area contributed by atoms with Crippen LogP contribution < -0.4 is 5.32 Å². The van der Waals surface area contributed by atoms with Gasteiger partial charge >= 0.3 is 0 Å². The standard InChI is InChI=1S/C18H21Cl2N/c1-4-21-18(15-5-6-16(19)17(20)11-15)10-14-8-12(2)7-13(3)9-14/h5-9,11,18,21H,4,10H2,1-3H3. The van der Waals surface area contributed by atoms with Crippen LogP contribution in [0.5, 0.6) is 0 Å². The smallest absolute Gasteiger partial charge is 0.0595 e. The summed E-state index contributed by atoms with van der Waals surface area (Å²) in [4.78, 5) is 0. The first-order chi connectivity index (χ1) is 9.99. The topological polar surface area (TPSA) is 12.0 Å². The zero-order valence-corrected chi connectivity index (χ0v) is 14.2. The molecular formula is C18H21Cl2N. The van der Waals surface area contributed by atoms with Gasteiger partial charge in [0, 0.05) is 6.04 Å². The lowest BCUT2D eigenvalue weighted by molar-refractivity contribution is 0.549. The number of nitrogens with one attached hydrogen (secondary N) is 1.